The van der Waals surface area contributed by atoms with Gasteiger partial charge in [0.05, 0.1) is 35.9 Å². The summed E-state index contributed by atoms with van der Waals surface area (Å²) in [5, 5.41) is 10.7. The first kappa shape index (κ1) is 27.9. The first-order valence-corrected chi connectivity index (χ1v) is 14.4. The number of likely N-dealkylation sites (tertiary alicyclic amines) is 1. The van der Waals surface area contributed by atoms with Gasteiger partial charge in [0.1, 0.15) is 23.2 Å². The molecular weight excluding hydrogens is 520 g/mol. The van der Waals surface area contributed by atoms with E-state index < -0.39 is 41.1 Å². The van der Waals surface area contributed by atoms with E-state index in [1.165, 1.54) is 4.90 Å². The van der Waals surface area contributed by atoms with Crippen molar-refractivity contribution in [3.63, 3.8) is 0 Å². The zero-order valence-corrected chi connectivity index (χ0v) is 23.5. The predicted octanol–water partition coefficient (Wildman–Crippen LogP) is 3.97. The van der Waals surface area contributed by atoms with Crippen molar-refractivity contribution in [3.8, 4) is 0 Å². The summed E-state index contributed by atoms with van der Waals surface area (Å²) in [7, 11) is 0. The van der Waals surface area contributed by atoms with E-state index in [0.29, 0.717) is 23.6 Å². The number of carbonyl (C=O) groups is 3. The third-order valence-corrected chi connectivity index (χ3v) is 9.16. The number of hydrogen-bond donors (Lipinski definition) is 1. The zero-order valence-electron chi connectivity index (χ0n) is 22.8. The highest BCUT2D eigenvalue weighted by atomic mass is 35.5. The number of rotatable bonds is 5. The largest absolute Gasteiger partial charge is 0.465 e. The minimum Gasteiger partial charge on any atom is -0.465 e. The number of ether oxygens (including phenoxy) is 2. The molecule has 4 aliphatic rings. The number of amides is 2. The standard InChI is InChI=1S/C30H37ClN2O6/c1-4-20(18-34)33-25-27(36)32(24-19(3)12-10-13-21(24)31)16-11-15-30(25)22(26(33)35)23-28(37)38-17-9-7-6-8-14-29(23,5-2)39-30/h8,10-15,20,22-23,25,34H,4-7,9,16-18H2,1-3H3/b14-8-/t20-,22-,23+,25?,29-,30-/m0/s1. The normalized spacial score (nSPS) is 34.2. The highest BCUT2D eigenvalue weighted by Gasteiger charge is 2.75. The number of benzene rings is 1. The van der Waals surface area contributed by atoms with Gasteiger partial charge in [-0.2, -0.15) is 0 Å². The highest BCUT2D eigenvalue weighted by Crippen LogP contribution is 2.58. The number of hydrogen-bond acceptors (Lipinski definition) is 6. The van der Waals surface area contributed by atoms with Crippen LogP contribution in [0.25, 0.3) is 0 Å². The highest BCUT2D eigenvalue weighted by molar-refractivity contribution is 6.34. The predicted molar refractivity (Wildman–Crippen MR) is 147 cm³/mol. The summed E-state index contributed by atoms with van der Waals surface area (Å²) in [6, 6.07) is 3.72. The molecule has 4 heterocycles. The molecule has 210 valence electrons. The number of halogens is 1. The molecule has 9 heteroatoms. The summed E-state index contributed by atoms with van der Waals surface area (Å²) in [6.45, 7) is 5.84. The van der Waals surface area contributed by atoms with Crippen LogP contribution >= 0.6 is 11.6 Å². The first-order valence-electron chi connectivity index (χ1n) is 14.0. The van der Waals surface area contributed by atoms with Gasteiger partial charge < -0.3 is 24.4 Å². The lowest BCUT2D eigenvalue weighted by Gasteiger charge is -2.41. The minimum absolute atomic E-state index is 0.222. The summed E-state index contributed by atoms with van der Waals surface area (Å²) >= 11 is 6.61. The van der Waals surface area contributed by atoms with Crippen molar-refractivity contribution in [2.24, 2.45) is 11.8 Å². The topological polar surface area (TPSA) is 96.4 Å². The Kier molecular flexibility index (Phi) is 7.65. The summed E-state index contributed by atoms with van der Waals surface area (Å²) in [4.78, 5) is 45.8. The molecule has 1 spiro atoms. The minimum atomic E-state index is -1.42. The second-order valence-electron chi connectivity index (χ2n) is 10.9. The Balaban J connectivity index is 1.71. The summed E-state index contributed by atoms with van der Waals surface area (Å²) in [5.41, 5.74) is -1.14. The van der Waals surface area contributed by atoms with Gasteiger partial charge in [0, 0.05) is 6.54 Å². The smallest absolute Gasteiger partial charge is 0.313 e. The Bertz CT molecular complexity index is 1190. The molecule has 8 nitrogen and oxygen atoms in total. The van der Waals surface area contributed by atoms with E-state index in [1.807, 2.05) is 51.1 Å². The number of para-hydroxylation sites is 1. The molecule has 39 heavy (non-hydrogen) atoms. The van der Waals surface area contributed by atoms with Crippen molar-refractivity contribution in [3.05, 3.63) is 53.1 Å². The maximum atomic E-state index is 14.6. The quantitative estimate of drug-likeness (QED) is 0.435. The van der Waals surface area contributed by atoms with Crippen LogP contribution in [0.15, 0.2) is 42.5 Å². The Labute approximate surface area is 234 Å². The molecule has 0 aromatic heterocycles. The van der Waals surface area contributed by atoms with E-state index >= 15 is 0 Å². The molecule has 2 saturated heterocycles. The Morgan fingerprint density at radius 3 is 2.59 bits per heavy atom. The number of aryl methyl sites for hydroxylation is 1. The second kappa shape index (κ2) is 10.7. The van der Waals surface area contributed by atoms with E-state index in [4.69, 9.17) is 21.1 Å². The van der Waals surface area contributed by atoms with Gasteiger partial charge in [-0.15, -0.1) is 0 Å². The van der Waals surface area contributed by atoms with E-state index in [1.54, 1.807) is 17.0 Å². The van der Waals surface area contributed by atoms with Gasteiger partial charge in [-0.1, -0.05) is 61.9 Å². The molecule has 5 rings (SSSR count). The first-order chi connectivity index (χ1) is 18.8. The van der Waals surface area contributed by atoms with Gasteiger partial charge in [0.2, 0.25) is 5.91 Å². The van der Waals surface area contributed by atoms with E-state index in [9.17, 15) is 19.5 Å². The average Bonchev–Trinajstić information content (AvgIpc) is 3.28. The molecule has 0 radical (unpaired) electrons. The Morgan fingerprint density at radius 2 is 1.90 bits per heavy atom. The van der Waals surface area contributed by atoms with Gasteiger partial charge >= 0.3 is 5.97 Å². The number of anilines is 1. The van der Waals surface area contributed by atoms with E-state index in [2.05, 4.69) is 0 Å². The van der Waals surface area contributed by atoms with Crippen LogP contribution in [0, 0.1) is 18.8 Å². The lowest BCUT2D eigenvalue weighted by atomic mass is 9.73. The molecule has 0 bridgehead atoms. The number of cyclic esters (lactones) is 1. The fourth-order valence-electron chi connectivity index (χ4n) is 6.95. The van der Waals surface area contributed by atoms with Crippen molar-refractivity contribution in [2.75, 3.05) is 24.7 Å². The van der Waals surface area contributed by atoms with Gasteiger partial charge in [0.15, 0.2) is 0 Å². The number of aliphatic hydroxyl groups is 1. The lowest BCUT2D eigenvalue weighted by Crippen LogP contribution is -2.59. The number of allylic oxidation sites excluding steroid dienone is 1. The Morgan fingerprint density at radius 1 is 1.10 bits per heavy atom. The maximum absolute atomic E-state index is 14.6. The average molecular weight is 557 g/mol. The van der Waals surface area contributed by atoms with Crippen molar-refractivity contribution in [1.82, 2.24) is 4.90 Å². The summed E-state index contributed by atoms with van der Waals surface area (Å²) in [5.74, 6) is -3.13. The fourth-order valence-corrected chi connectivity index (χ4v) is 7.27. The molecule has 1 aromatic rings. The van der Waals surface area contributed by atoms with Crippen LogP contribution in [0.3, 0.4) is 0 Å². The Hall–Kier alpha value is -2.68. The van der Waals surface area contributed by atoms with Crippen LogP contribution < -0.4 is 4.90 Å². The van der Waals surface area contributed by atoms with Crippen LogP contribution in [0.2, 0.25) is 5.02 Å². The summed E-state index contributed by atoms with van der Waals surface area (Å²) in [6.07, 6.45) is 10.8. The summed E-state index contributed by atoms with van der Waals surface area (Å²) < 4.78 is 12.7. The molecule has 0 aliphatic carbocycles. The lowest BCUT2D eigenvalue weighted by molar-refractivity contribution is -0.161. The zero-order chi connectivity index (χ0) is 27.9. The molecule has 0 saturated carbocycles. The molecule has 1 N–H and O–H groups in total. The van der Waals surface area contributed by atoms with Gasteiger partial charge in [-0.05, 0) is 50.7 Å². The number of nitrogens with zero attached hydrogens (tertiary/aromatic N) is 2. The number of aliphatic hydroxyl groups excluding tert-OH is 1. The fraction of sp³-hybridized carbons (Fsp3) is 0.567. The molecule has 1 aromatic carbocycles. The van der Waals surface area contributed by atoms with Crippen LogP contribution in [-0.4, -0.2) is 70.8 Å². The maximum Gasteiger partial charge on any atom is 0.313 e. The van der Waals surface area contributed by atoms with Crippen molar-refractivity contribution >= 4 is 35.1 Å². The monoisotopic (exact) mass is 556 g/mol. The molecular formula is C30H37ClN2O6. The third-order valence-electron chi connectivity index (χ3n) is 8.85. The number of fused-ring (bicyclic) bond motifs is 2. The third kappa shape index (κ3) is 4.23. The van der Waals surface area contributed by atoms with E-state index in [0.717, 1.165) is 24.8 Å². The number of carbonyl (C=O) groups excluding carboxylic acids is 3. The van der Waals surface area contributed by atoms with Crippen LogP contribution in [-0.2, 0) is 23.9 Å². The molecule has 6 atom stereocenters. The molecule has 1 unspecified atom stereocenters. The van der Waals surface area contributed by atoms with Gasteiger partial charge in [-0.25, -0.2) is 0 Å². The van der Waals surface area contributed by atoms with Crippen LogP contribution in [0.5, 0.6) is 0 Å². The van der Waals surface area contributed by atoms with Crippen LogP contribution in [0.4, 0.5) is 5.69 Å². The molecule has 2 fully saturated rings. The van der Waals surface area contributed by atoms with Gasteiger partial charge in [0.25, 0.3) is 5.91 Å². The molecule has 4 aliphatic heterocycles. The van der Waals surface area contributed by atoms with Gasteiger partial charge in [-0.3, -0.25) is 14.4 Å². The molecule has 2 amide bonds. The SMILES string of the molecule is CC[C@@H](CO)N1C(=O)[C@@H]2[C@@H]3C(=O)OCCCC/C=C\[C@]3(CC)O[C@@]23C=CCN(c2c(C)cccc2Cl)C(=O)C13. The van der Waals surface area contributed by atoms with Crippen LogP contribution in [0.1, 0.15) is 51.5 Å². The van der Waals surface area contributed by atoms with Crippen molar-refractivity contribution in [1.29, 1.82) is 0 Å². The van der Waals surface area contributed by atoms with Crippen molar-refractivity contribution in [2.45, 2.75) is 76.2 Å². The van der Waals surface area contributed by atoms with E-state index in [-0.39, 0.29) is 31.6 Å². The number of esters is 1. The second-order valence-corrected chi connectivity index (χ2v) is 11.3. The van der Waals surface area contributed by atoms with Crippen molar-refractivity contribution < 1.29 is 29.0 Å².